The van der Waals surface area contributed by atoms with Crippen LogP contribution in [-0.4, -0.2) is 46.9 Å². The zero-order valence-corrected chi connectivity index (χ0v) is 10.8. The number of hydrogen-bond acceptors (Lipinski definition) is 2. The van der Waals surface area contributed by atoms with Gasteiger partial charge in [0.2, 0.25) is 5.91 Å². The molecule has 0 aromatic heterocycles. The van der Waals surface area contributed by atoms with Crippen LogP contribution in [0, 0.1) is 0 Å². The van der Waals surface area contributed by atoms with E-state index >= 15 is 0 Å². The van der Waals surface area contributed by atoms with Crippen molar-refractivity contribution >= 4 is 5.91 Å². The second-order valence-corrected chi connectivity index (χ2v) is 5.52. The summed E-state index contributed by atoms with van der Waals surface area (Å²) >= 11 is 0. The zero-order valence-electron chi connectivity index (χ0n) is 10.8. The summed E-state index contributed by atoms with van der Waals surface area (Å²) in [5.41, 5.74) is 0. The van der Waals surface area contributed by atoms with Crippen molar-refractivity contribution in [3.63, 3.8) is 0 Å². The van der Waals surface area contributed by atoms with Crippen molar-refractivity contribution < 1.29 is 4.79 Å². The van der Waals surface area contributed by atoms with Crippen LogP contribution in [-0.2, 0) is 4.79 Å². The Morgan fingerprint density at radius 1 is 1.12 bits per heavy atom. The molecule has 1 aliphatic carbocycles. The number of nitrogens with zero attached hydrogens (tertiary/aromatic N) is 2. The Bertz CT molecular complexity index is 253. The molecule has 1 aliphatic heterocycles. The van der Waals surface area contributed by atoms with Crippen molar-refractivity contribution in [3.05, 3.63) is 0 Å². The fraction of sp³-hybridized carbons (Fsp3) is 0.923. The largest absolute Gasteiger partial charge is 0.337 e. The molecule has 2 aliphatic rings. The summed E-state index contributed by atoms with van der Waals surface area (Å²) in [6.45, 7) is 8.54. The molecule has 1 saturated heterocycles. The van der Waals surface area contributed by atoms with E-state index in [1.807, 2.05) is 0 Å². The van der Waals surface area contributed by atoms with Crippen LogP contribution >= 0.6 is 0 Å². The van der Waals surface area contributed by atoms with Crippen LogP contribution in [0.25, 0.3) is 0 Å². The molecule has 92 valence electrons. The lowest BCUT2D eigenvalue weighted by Crippen LogP contribution is -2.49. The molecule has 0 radical (unpaired) electrons. The monoisotopic (exact) mass is 224 g/mol. The highest BCUT2D eigenvalue weighted by molar-refractivity contribution is 5.74. The number of likely N-dealkylation sites (tertiary alicyclic amines) is 1. The lowest BCUT2D eigenvalue weighted by molar-refractivity contribution is -0.132. The summed E-state index contributed by atoms with van der Waals surface area (Å²) in [5.74, 6) is 0.283. The van der Waals surface area contributed by atoms with Crippen molar-refractivity contribution in [1.82, 2.24) is 9.80 Å². The maximum atomic E-state index is 11.7. The Morgan fingerprint density at radius 3 is 2.00 bits per heavy atom. The maximum Gasteiger partial charge on any atom is 0.219 e. The van der Waals surface area contributed by atoms with Crippen LogP contribution in [0.3, 0.4) is 0 Å². The van der Waals surface area contributed by atoms with Gasteiger partial charge < -0.3 is 9.80 Å². The number of carbonyl (C=O) groups excluding carboxylic acids is 1. The first-order valence-corrected chi connectivity index (χ1v) is 6.62. The minimum Gasteiger partial charge on any atom is -0.337 e. The molecule has 0 aromatic carbocycles. The second kappa shape index (κ2) is 4.74. The molecule has 0 unspecified atom stereocenters. The van der Waals surface area contributed by atoms with E-state index < -0.39 is 0 Å². The van der Waals surface area contributed by atoms with E-state index in [0.29, 0.717) is 18.1 Å². The van der Waals surface area contributed by atoms with Gasteiger partial charge in [0, 0.05) is 38.1 Å². The van der Waals surface area contributed by atoms with Gasteiger partial charge in [0.05, 0.1) is 0 Å². The van der Waals surface area contributed by atoms with Gasteiger partial charge in [0.1, 0.15) is 0 Å². The number of hydrogen-bond donors (Lipinski definition) is 0. The lowest BCUT2D eigenvalue weighted by atomic mass is 10.0. The van der Waals surface area contributed by atoms with Gasteiger partial charge in [-0.05, 0) is 39.5 Å². The van der Waals surface area contributed by atoms with Crippen molar-refractivity contribution in [1.29, 1.82) is 0 Å². The van der Waals surface area contributed by atoms with Gasteiger partial charge in [-0.15, -0.1) is 0 Å². The fourth-order valence-electron chi connectivity index (χ4n) is 2.85. The molecule has 0 N–H and O–H groups in total. The topological polar surface area (TPSA) is 23.6 Å². The van der Waals surface area contributed by atoms with Crippen molar-refractivity contribution in [2.75, 3.05) is 13.1 Å². The fourth-order valence-corrected chi connectivity index (χ4v) is 2.85. The standard InChI is InChI=1S/C13H24N2O/c1-10(2)14-8-6-13(7-9-14)15(11(3)16)12-4-5-12/h10,12-13H,4-9H2,1-3H3. The first-order valence-electron chi connectivity index (χ1n) is 6.62. The van der Waals surface area contributed by atoms with Crippen molar-refractivity contribution in [3.8, 4) is 0 Å². The first-order chi connectivity index (χ1) is 7.59. The highest BCUT2D eigenvalue weighted by Gasteiger charge is 2.37. The van der Waals surface area contributed by atoms with Gasteiger partial charge in [0.15, 0.2) is 0 Å². The lowest BCUT2D eigenvalue weighted by Gasteiger charge is -2.39. The van der Waals surface area contributed by atoms with E-state index in [2.05, 4.69) is 23.6 Å². The van der Waals surface area contributed by atoms with Crippen LogP contribution in [0.4, 0.5) is 0 Å². The third kappa shape index (κ3) is 2.57. The molecule has 2 rings (SSSR count). The molecule has 16 heavy (non-hydrogen) atoms. The number of piperidine rings is 1. The predicted octanol–water partition coefficient (Wildman–Crippen LogP) is 1.87. The van der Waals surface area contributed by atoms with Crippen LogP contribution in [0.2, 0.25) is 0 Å². The van der Waals surface area contributed by atoms with Crippen molar-refractivity contribution in [2.24, 2.45) is 0 Å². The molecule has 3 nitrogen and oxygen atoms in total. The van der Waals surface area contributed by atoms with Crippen LogP contribution in [0.15, 0.2) is 0 Å². The second-order valence-electron chi connectivity index (χ2n) is 5.52. The minimum atomic E-state index is 0.283. The molecule has 1 heterocycles. The Morgan fingerprint density at radius 2 is 1.62 bits per heavy atom. The summed E-state index contributed by atoms with van der Waals surface area (Å²) in [6.07, 6.45) is 4.77. The number of rotatable bonds is 3. The average molecular weight is 224 g/mol. The summed E-state index contributed by atoms with van der Waals surface area (Å²) in [6, 6.07) is 1.74. The predicted molar refractivity (Wildman–Crippen MR) is 65.3 cm³/mol. The highest BCUT2D eigenvalue weighted by Crippen LogP contribution is 2.32. The normalized spacial score (nSPS) is 23.8. The van der Waals surface area contributed by atoms with E-state index in [1.54, 1.807) is 6.92 Å². The molecule has 0 aromatic rings. The van der Waals surface area contributed by atoms with Gasteiger partial charge in [-0.2, -0.15) is 0 Å². The number of amides is 1. The Hall–Kier alpha value is -0.570. The van der Waals surface area contributed by atoms with Gasteiger partial charge in [-0.25, -0.2) is 0 Å². The minimum absolute atomic E-state index is 0.283. The van der Waals surface area contributed by atoms with E-state index in [-0.39, 0.29) is 5.91 Å². The molecule has 1 saturated carbocycles. The van der Waals surface area contributed by atoms with Crippen molar-refractivity contribution in [2.45, 2.75) is 64.6 Å². The van der Waals surface area contributed by atoms with Crippen LogP contribution in [0.5, 0.6) is 0 Å². The molecular formula is C13H24N2O. The molecular weight excluding hydrogens is 200 g/mol. The SMILES string of the molecule is CC(=O)N(C1CC1)C1CCN(C(C)C)CC1. The average Bonchev–Trinajstić information content (AvgIpc) is 3.02. The smallest absolute Gasteiger partial charge is 0.219 e. The third-order valence-corrected chi connectivity index (χ3v) is 3.93. The Labute approximate surface area is 98.8 Å². The van der Waals surface area contributed by atoms with Gasteiger partial charge in [0.25, 0.3) is 0 Å². The number of carbonyl (C=O) groups is 1. The summed E-state index contributed by atoms with van der Waals surface area (Å²) < 4.78 is 0. The molecule has 0 atom stereocenters. The molecule has 0 spiro atoms. The zero-order chi connectivity index (χ0) is 11.7. The molecule has 1 amide bonds. The maximum absolute atomic E-state index is 11.7. The molecule has 3 heteroatoms. The Balaban J connectivity index is 1.89. The first kappa shape index (κ1) is 11.9. The van der Waals surface area contributed by atoms with Gasteiger partial charge in [-0.3, -0.25) is 4.79 Å². The van der Waals surface area contributed by atoms with Gasteiger partial charge in [-0.1, -0.05) is 0 Å². The van der Waals surface area contributed by atoms with Gasteiger partial charge >= 0.3 is 0 Å². The van der Waals surface area contributed by atoms with E-state index in [9.17, 15) is 4.79 Å². The van der Waals surface area contributed by atoms with Crippen LogP contribution in [0.1, 0.15) is 46.5 Å². The quantitative estimate of drug-likeness (QED) is 0.730. The van der Waals surface area contributed by atoms with E-state index in [0.717, 1.165) is 25.9 Å². The summed E-state index contributed by atoms with van der Waals surface area (Å²) in [7, 11) is 0. The molecule has 2 fully saturated rings. The summed E-state index contributed by atoms with van der Waals surface area (Å²) in [5, 5.41) is 0. The summed E-state index contributed by atoms with van der Waals surface area (Å²) in [4.78, 5) is 16.3. The van der Waals surface area contributed by atoms with E-state index in [4.69, 9.17) is 0 Å². The third-order valence-electron chi connectivity index (χ3n) is 3.93. The molecule has 0 bridgehead atoms. The van der Waals surface area contributed by atoms with Crippen LogP contribution < -0.4 is 0 Å². The van der Waals surface area contributed by atoms with E-state index in [1.165, 1.54) is 12.8 Å². The Kier molecular flexibility index (Phi) is 3.53. The highest BCUT2D eigenvalue weighted by atomic mass is 16.2.